The Morgan fingerprint density at radius 3 is 2.89 bits per heavy atom. The molecule has 0 bridgehead atoms. The zero-order valence-corrected chi connectivity index (χ0v) is 12.2. The van der Waals surface area contributed by atoms with Crippen LogP contribution in [-0.2, 0) is 6.54 Å². The Kier molecular flexibility index (Phi) is 4.11. The molecular formula is C11H9BrFN3O2S. The van der Waals surface area contributed by atoms with E-state index in [1.165, 1.54) is 17.4 Å². The van der Waals surface area contributed by atoms with Crippen molar-refractivity contribution in [3.05, 3.63) is 48.6 Å². The minimum atomic E-state index is -0.664. The molecule has 1 heterocycles. The Balaban J connectivity index is 2.23. The van der Waals surface area contributed by atoms with Crippen molar-refractivity contribution in [3.8, 4) is 0 Å². The first kappa shape index (κ1) is 13.9. The van der Waals surface area contributed by atoms with Gasteiger partial charge in [-0.15, -0.1) is 11.3 Å². The lowest BCUT2D eigenvalue weighted by Gasteiger charge is -2.06. The first-order valence-corrected chi connectivity index (χ1v) is 6.93. The van der Waals surface area contributed by atoms with Crippen LogP contribution in [0, 0.1) is 22.9 Å². The number of nitro benzene ring substituents is 1. The van der Waals surface area contributed by atoms with Gasteiger partial charge in [0.15, 0.2) is 0 Å². The van der Waals surface area contributed by atoms with Crippen LogP contribution in [0.1, 0.15) is 10.7 Å². The van der Waals surface area contributed by atoms with Gasteiger partial charge in [0.05, 0.1) is 22.0 Å². The van der Waals surface area contributed by atoms with Gasteiger partial charge in [0, 0.05) is 11.1 Å². The number of thiazole rings is 1. The topological polar surface area (TPSA) is 68.1 Å². The van der Waals surface area contributed by atoms with Crippen LogP contribution in [0.25, 0.3) is 0 Å². The molecule has 0 aliphatic heterocycles. The van der Waals surface area contributed by atoms with Crippen LogP contribution in [0.2, 0.25) is 0 Å². The number of aromatic nitrogens is 1. The van der Waals surface area contributed by atoms with Crippen molar-refractivity contribution >= 4 is 38.6 Å². The van der Waals surface area contributed by atoms with Crippen LogP contribution < -0.4 is 5.32 Å². The van der Waals surface area contributed by atoms with E-state index >= 15 is 0 Å². The molecule has 0 aliphatic carbocycles. The summed E-state index contributed by atoms with van der Waals surface area (Å²) in [4.78, 5) is 14.5. The van der Waals surface area contributed by atoms with E-state index < -0.39 is 10.7 Å². The van der Waals surface area contributed by atoms with Crippen molar-refractivity contribution in [2.24, 2.45) is 0 Å². The molecule has 1 N–H and O–H groups in total. The lowest BCUT2D eigenvalue weighted by atomic mass is 10.2. The molecule has 5 nitrogen and oxygen atoms in total. The number of aryl methyl sites for hydroxylation is 1. The Hall–Kier alpha value is -1.54. The third-order valence-corrected chi connectivity index (χ3v) is 3.91. The second-order valence-corrected chi connectivity index (χ2v) is 5.57. The number of nitrogens with one attached hydrogen (secondary N) is 1. The van der Waals surface area contributed by atoms with Crippen LogP contribution in [-0.4, -0.2) is 9.91 Å². The number of nitrogens with zero attached hydrogens (tertiary/aromatic N) is 2. The maximum Gasteiger partial charge on any atom is 0.295 e. The zero-order chi connectivity index (χ0) is 14.0. The molecule has 100 valence electrons. The van der Waals surface area contributed by atoms with Gasteiger partial charge >= 0.3 is 0 Å². The third-order valence-electron chi connectivity index (χ3n) is 2.33. The van der Waals surface area contributed by atoms with E-state index in [4.69, 9.17) is 0 Å². The van der Waals surface area contributed by atoms with Gasteiger partial charge in [-0.2, -0.15) is 0 Å². The fourth-order valence-corrected chi connectivity index (χ4v) is 2.54. The fourth-order valence-electron chi connectivity index (χ4n) is 1.48. The van der Waals surface area contributed by atoms with E-state index in [1.807, 2.05) is 12.3 Å². The Morgan fingerprint density at radius 2 is 2.32 bits per heavy atom. The average Bonchev–Trinajstić information content (AvgIpc) is 2.76. The maximum atomic E-state index is 13.3. The molecule has 0 spiro atoms. The summed E-state index contributed by atoms with van der Waals surface area (Å²) in [6.45, 7) is 2.23. The van der Waals surface area contributed by atoms with Crippen LogP contribution in [0.5, 0.6) is 0 Å². The molecule has 0 aliphatic rings. The molecule has 0 saturated heterocycles. The fraction of sp³-hybridized carbons (Fsp3) is 0.182. The van der Waals surface area contributed by atoms with E-state index in [1.54, 1.807) is 0 Å². The van der Waals surface area contributed by atoms with Gasteiger partial charge < -0.3 is 5.32 Å². The molecule has 0 saturated carbocycles. The summed E-state index contributed by atoms with van der Waals surface area (Å²) < 4.78 is 13.5. The number of hydrogen-bond donors (Lipinski definition) is 1. The lowest BCUT2D eigenvalue weighted by Crippen LogP contribution is -2.03. The van der Waals surface area contributed by atoms with Crippen molar-refractivity contribution < 1.29 is 9.31 Å². The molecule has 1 aromatic heterocycles. The van der Waals surface area contributed by atoms with Gasteiger partial charge in [0.2, 0.25) is 0 Å². The molecule has 0 atom stereocenters. The van der Waals surface area contributed by atoms with Crippen LogP contribution in [0.15, 0.2) is 22.0 Å². The van der Waals surface area contributed by atoms with Crippen molar-refractivity contribution in [2.45, 2.75) is 13.5 Å². The Bertz CT molecular complexity index is 632. The standard InChI is InChI=1S/C11H9BrFN3O2S/c1-6-5-19-11(15-6)4-14-9-2-7(12)8(13)3-10(9)16(17)18/h2-3,5,14H,4H2,1H3. The monoisotopic (exact) mass is 345 g/mol. The van der Waals surface area contributed by atoms with Crippen LogP contribution in [0.4, 0.5) is 15.8 Å². The number of rotatable bonds is 4. The molecule has 0 fully saturated rings. The Labute approximate surface area is 120 Å². The molecule has 8 heteroatoms. The number of benzene rings is 1. The highest BCUT2D eigenvalue weighted by molar-refractivity contribution is 9.10. The minimum absolute atomic E-state index is 0.177. The summed E-state index contributed by atoms with van der Waals surface area (Å²) in [6, 6.07) is 2.24. The van der Waals surface area contributed by atoms with Crippen LogP contribution in [0.3, 0.4) is 0 Å². The van der Waals surface area contributed by atoms with Crippen LogP contribution >= 0.6 is 27.3 Å². The number of anilines is 1. The summed E-state index contributed by atoms with van der Waals surface area (Å²) in [5, 5.41) is 16.5. The van der Waals surface area contributed by atoms with Crippen molar-refractivity contribution in [1.29, 1.82) is 0 Å². The van der Waals surface area contributed by atoms with E-state index in [-0.39, 0.29) is 15.8 Å². The third kappa shape index (κ3) is 3.27. The molecule has 1 aromatic carbocycles. The van der Waals surface area contributed by atoms with Crippen molar-refractivity contribution in [1.82, 2.24) is 4.98 Å². The predicted octanol–water partition coefficient (Wildman–Crippen LogP) is 3.87. The van der Waals surface area contributed by atoms with Gasteiger partial charge in [0.1, 0.15) is 16.5 Å². The molecule has 0 unspecified atom stereocenters. The van der Waals surface area contributed by atoms with E-state index in [0.717, 1.165) is 16.8 Å². The average molecular weight is 346 g/mol. The van der Waals surface area contributed by atoms with Gasteiger partial charge in [0.25, 0.3) is 5.69 Å². The summed E-state index contributed by atoms with van der Waals surface area (Å²) >= 11 is 4.47. The number of nitro groups is 1. The van der Waals surface area contributed by atoms with Gasteiger partial charge in [-0.1, -0.05) is 0 Å². The summed E-state index contributed by atoms with van der Waals surface area (Å²) in [5.41, 5.74) is 0.858. The molecule has 0 radical (unpaired) electrons. The lowest BCUT2D eigenvalue weighted by molar-refractivity contribution is -0.384. The molecule has 2 aromatic rings. The van der Waals surface area contributed by atoms with Gasteiger partial charge in [-0.25, -0.2) is 9.37 Å². The van der Waals surface area contributed by atoms with Crippen molar-refractivity contribution in [2.75, 3.05) is 5.32 Å². The first-order valence-electron chi connectivity index (χ1n) is 5.25. The SMILES string of the molecule is Cc1csc(CNc2cc(Br)c(F)cc2[N+](=O)[O-])n1. The first-order chi connectivity index (χ1) is 8.97. The largest absolute Gasteiger partial charge is 0.373 e. The molecule has 19 heavy (non-hydrogen) atoms. The van der Waals surface area contributed by atoms with Crippen molar-refractivity contribution in [3.63, 3.8) is 0 Å². The summed E-state index contributed by atoms with van der Waals surface area (Å²) in [6.07, 6.45) is 0. The highest BCUT2D eigenvalue weighted by Gasteiger charge is 2.17. The molecule has 2 rings (SSSR count). The van der Waals surface area contributed by atoms with E-state index in [0.29, 0.717) is 6.54 Å². The van der Waals surface area contributed by atoms with E-state index in [2.05, 4.69) is 26.2 Å². The van der Waals surface area contributed by atoms with Gasteiger partial charge in [-0.05, 0) is 28.9 Å². The summed E-state index contributed by atoms with van der Waals surface area (Å²) in [7, 11) is 0. The highest BCUT2D eigenvalue weighted by Crippen LogP contribution is 2.31. The highest BCUT2D eigenvalue weighted by atomic mass is 79.9. The van der Waals surface area contributed by atoms with E-state index in [9.17, 15) is 14.5 Å². The maximum absolute atomic E-state index is 13.3. The quantitative estimate of drug-likeness (QED) is 0.674. The second-order valence-electron chi connectivity index (χ2n) is 3.78. The summed E-state index contributed by atoms with van der Waals surface area (Å²) in [5.74, 6) is -0.664. The second kappa shape index (κ2) is 5.62. The normalized spacial score (nSPS) is 10.5. The number of halogens is 2. The predicted molar refractivity (Wildman–Crippen MR) is 74.9 cm³/mol. The molecule has 0 amide bonds. The zero-order valence-electron chi connectivity index (χ0n) is 9.81. The van der Waals surface area contributed by atoms with Gasteiger partial charge in [-0.3, -0.25) is 10.1 Å². The molecular weight excluding hydrogens is 337 g/mol. The minimum Gasteiger partial charge on any atom is -0.373 e. The Morgan fingerprint density at radius 1 is 1.58 bits per heavy atom. The number of hydrogen-bond acceptors (Lipinski definition) is 5. The smallest absolute Gasteiger partial charge is 0.295 e.